The molecule has 0 saturated carbocycles. The number of urea groups is 1. The average Bonchev–Trinajstić information content (AvgIpc) is 1.63. The van der Waals surface area contributed by atoms with E-state index in [2.05, 4.69) is 58.6 Å². The summed E-state index contributed by atoms with van der Waals surface area (Å²) in [6, 6.07) is 18.4. The number of quaternary nitrogens is 1. The van der Waals surface area contributed by atoms with Gasteiger partial charge in [0.15, 0.2) is 39.2 Å². The maximum absolute atomic E-state index is 15.4. The van der Waals surface area contributed by atoms with E-state index in [4.69, 9.17) is 25.1 Å². The zero-order chi connectivity index (χ0) is 67.5. The standard InChI is InChI=1S/C59H68FN13O10S2.C2HF3O2/c1-35(2)51(66-48(74)26-30-82-31-28-72-49(75)24-25-50(72)76)55(78)64-43(13-10-27-62-57(61)81)54(77)63-40-21-18-39(19-22-40)34-73(6,7)37(4)16-17-38-20-23-44(41(60)33-38)83-29-11-15-46-52(56(79)80)67-59(85-46)71(5)47-32-36(3)53(70-69-47)68-58-65-42-12-8-9-14-45(42)84-58;3-2(4,5)1(6)7/h8-9,12,14,18-25,32-33,35,37,43,51H,10-11,13,15,26-31,34H2,1-7H3,(H7-,61,62,63,64,65,66,68,70,74,77,78,79,80,81);(H,6,7)/p+1/t37?,43-,51-;/m0./s1. The highest BCUT2D eigenvalue weighted by molar-refractivity contribution is 7.22. The third-order valence-electron chi connectivity index (χ3n) is 14.0. The molecule has 1 aliphatic rings. The number of aryl methyl sites for hydroxylation is 2. The largest absolute Gasteiger partial charge is 0.491 e. The Kier molecular flexibility index (Phi) is 25.6. The number of nitrogens with two attached hydrogens (primary N) is 1. The van der Waals surface area contributed by atoms with Crippen molar-refractivity contribution >= 4 is 108 Å². The first-order valence-electron chi connectivity index (χ1n) is 28.6. The molecule has 7 rings (SSSR count). The molecular formula is C61H70F4N13O12S2+. The van der Waals surface area contributed by atoms with Crippen LogP contribution in [0.25, 0.3) is 10.2 Å². The van der Waals surface area contributed by atoms with E-state index >= 15 is 4.39 Å². The highest BCUT2D eigenvalue weighted by Crippen LogP contribution is 2.33. The number of anilines is 5. The van der Waals surface area contributed by atoms with Gasteiger partial charge in [0.2, 0.25) is 17.7 Å². The van der Waals surface area contributed by atoms with Gasteiger partial charge in [0, 0.05) is 53.9 Å². The van der Waals surface area contributed by atoms with Gasteiger partial charge in [-0.3, -0.25) is 28.9 Å². The van der Waals surface area contributed by atoms with Crippen LogP contribution in [0.3, 0.4) is 0 Å². The third kappa shape index (κ3) is 21.2. The lowest BCUT2D eigenvalue weighted by atomic mass is 10.0. The third-order valence-corrected chi connectivity index (χ3v) is 16.1. The fourth-order valence-electron chi connectivity index (χ4n) is 8.61. The summed E-state index contributed by atoms with van der Waals surface area (Å²) in [5.41, 5.74) is 8.69. The number of alkyl halides is 3. The van der Waals surface area contributed by atoms with E-state index in [-0.39, 0.29) is 69.2 Å². The molecule has 0 spiro atoms. The van der Waals surface area contributed by atoms with Crippen molar-refractivity contribution in [3.63, 3.8) is 0 Å². The molecule has 0 radical (unpaired) electrons. The van der Waals surface area contributed by atoms with Gasteiger partial charge in [0.05, 0.1) is 50.7 Å². The minimum absolute atomic E-state index is 0.0259. The second-order valence-corrected chi connectivity index (χ2v) is 23.8. The first-order valence-corrected chi connectivity index (χ1v) is 30.3. The van der Waals surface area contributed by atoms with Crippen LogP contribution in [0.15, 0.2) is 84.9 Å². The molecular weight excluding hydrogens is 1250 g/mol. The topological polar surface area (TPSA) is 340 Å². The predicted molar refractivity (Wildman–Crippen MR) is 335 cm³/mol. The summed E-state index contributed by atoms with van der Waals surface area (Å²) in [6.45, 7) is 8.19. The van der Waals surface area contributed by atoms with Gasteiger partial charge in [0.25, 0.3) is 11.8 Å². The molecule has 9 N–H and O–H groups in total. The molecule has 0 saturated heterocycles. The molecule has 1 aliphatic heterocycles. The molecule has 1 unspecified atom stereocenters. The van der Waals surface area contributed by atoms with Gasteiger partial charge in [-0.15, -0.1) is 21.5 Å². The van der Waals surface area contributed by atoms with E-state index in [1.165, 1.54) is 47.0 Å². The summed E-state index contributed by atoms with van der Waals surface area (Å²) in [6.07, 6.45) is -1.71. The minimum atomic E-state index is -5.08. The molecule has 4 heterocycles. The molecule has 490 valence electrons. The van der Waals surface area contributed by atoms with Gasteiger partial charge in [-0.25, -0.2) is 28.7 Å². The Balaban J connectivity index is 0.00000181. The van der Waals surface area contributed by atoms with Gasteiger partial charge in [-0.2, -0.15) is 13.2 Å². The van der Waals surface area contributed by atoms with Crippen molar-refractivity contribution < 1.29 is 80.1 Å². The molecule has 3 aromatic heterocycles. The summed E-state index contributed by atoms with van der Waals surface area (Å²) in [5, 5.41) is 41.0. The first-order chi connectivity index (χ1) is 43.5. The summed E-state index contributed by atoms with van der Waals surface area (Å²) < 4.78 is 59.8. The zero-order valence-electron chi connectivity index (χ0n) is 51.2. The lowest BCUT2D eigenvalue weighted by Crippen LogP contribution is -2.54. The van der Waals surface area contributed by atoms with Crippen LogP contribution < -0.4 is 42.0 Å². The minimum Gasteiger partial charge on any atom is -0.491 e. The number of rotatable bonds is 29. The average molecular weight is 1320 g/mol. The normalized spacial score (nSPS) is 13.1. The van der Waals surface area contributed by atoms with Gasteiger partial charge < -0.3 is 61.4 Å². The van der Waals surface area contributed by atoms with E-state index in [0.717, 1.165) is 26.2 Å². The summed E-state index contributed by atoms with van der Waals surface area (Å²) in [7, 11) is 5.77. The van der Waals surface area contributed by atoms with E-state index in [1.807, 2.05) is 70.4 Å². The van der Waals surface area contributed by atoms with Crippen molar-refractivity contribution in [2.45, 2.75) is 90.6 Å². The van der Waals surface area contributed by atoms with Crippen LogP contribution in [0.2, 0.25) is 0 Å². The van der Waals surface area contributed by atoms with Crippen molar-refractivity contribution in [1.82, 2.24) is 41.0 Å². The van der Waals surface area contributed by atoms with Crippen molar-refractivity contribution in [2.24, 2.45) is 11.7 Å². The number of aromatic nitrogens is 4. The number of carbonyl (C=O) groups excluding carboxylic acids is 6. The van der Waals surface area contributed by atoms with Crippen LogP contribution in [0.4, 0.5) is 49.9 Å². The number of fused-ring (bicyclic) bond motifs is 1. The number of nitrogens with zero attached hydrogens (tertiary/aromatic N) is 7. The molecule has 0 aliphatic carbocycles. The van der Waals surface area contributed by atoms with Crippen molar-refractivity contribution in [3.8, 4) is 17.6 Å². The Morgan fingerprint density at radius 3 is 2.20 bits per heavy atom. The lowest BCUT2D eigenvalue weighted by Gasteiger charge is -2.33. The van der Waals surface area contributed by atoms with E-state index in [9.17, 15) is 51.8 Å². The smallest absolute Gasteiger partial charge is 0.490 e. The molecule has 3 atom stereocenters. The number of carboxylic acids is 2. The SMILES string of the molecule is Cc1cc(N(C)c2nc(C(=O)O)c(CCCOc3ccc(C#CC(C)[N+](C)(C)Cc4ccc(NC(=O)[C@H](CCCNC(N)=O)NC(=O)[C@@H](NC(=O)CCOCCN5C(=O)C=CC5=O)C(C)C)cc4)cc3F)s2)nnc1Nc1nc2ccccc2s1.O=C(O)C(F)(F)F. The Bertz CT molecular complexity index is 3690. The quantitative estimate of drug-likeness (QED) is 0.00756. The molecule has 0 bridgehead atoms. The number of aromatic carboxylic acids is 1. The zero-order valence-corrected chi connectivity index (χ0v) is 52.8. The van der Waals surface area contributed by atoms with E-state index in [1.54, 1.807) is 44.0 Å². The number of benzene rings is 3. The number of primary amides is 1. The first kappa shape index (κ1) is 71.4. The second kappa shape index (κ2) is 32.9. The van der Waals surface area contributed by atoms with Gasteiger partial charge in [-0.1, -0.05) is 55.4 Å². The highest BCUT2D eigenvalue weighted by Gasteiger charge is 2.38. The van der Waals surface area contributed by atoms with Crippen molar-refractivity contribution in [1.29, 1.82) is 0 Å². The van der Waals surface area contributed by atoms with Crippen LogP contribution >= 0.6 is 22.7 Å². The number of ether oxygens (including phenoxy) is 2. The maximum Gasteiger partial charge on any atom is 0.490 e. The summed E-state index contributed by atoms with van der Waals surface area (Å²) in [5.74, 6) is 0.0318. The van der Waals surface area contributed by atoms with Crippen LogP contribution in [0.1, 0.15) is 78.5 Å². The number of carbonyl (C=O) groups is 8. The number of thiazole rings is 2. The number of hydrogen-bond donors (Lipinski definition) is 8. The number of nitrogens with one attached hydrogen (secondary N) is 5. The molecule has 6 aromatic rings. The second-order valence-electron chi connectivity index (χ2n) is 21.8. The lowest BCUT2D eigenvalue weighted by molar-refractivity contribution is -0.918. The Labute approximate surface area is 534 Å². The fraction of sp³-hybridized carbons (Fsp3) is 0.377. The van der Waals surface area contributed by atoms with E-state index in [0.29, 0.717) is 68.3 Å². The monoisotopic (exact) mass is 1320 g/mol. The van der Waals surface area contributed by atoms with Crippen LogP contribution in [0, 0.1) is 30.5 Å². The maximum atomic E-state index is 15.4. The molecule has 7 amide bonds. The summed E-state index contributed by atoms with van der Waals surface area (Å²) >= 11 is 2.72. The highest BCUT2D eigenvalue weighted by atomic mass is 32.1. The molecule has 3 aromatic carbocycles. The predicted octanol–water partition coefficient (Wildman–Crippen LogP) is 7.21. The van der Waals surface area contributed by atoms with Gasteiger partial charge >= 0.3 is 24.1 Å². The van der Waals surface area contributed by atoms with Crippen LogP contribution in [0.5, 0.6) is 5.75 Å². The van der Waals surface area contributed by atoms with Crippen LogP contribution in [-0.4, -0.2) is 166 Å². The van der Waals surface area contributed by atoms with Gasteiger partial charge in [-0.05, 0) is 105 Å². The Morgan fingerprint density at radius 2 is 1.57 bits per heavy atom. The Morgan fingerprint density at radius 1 is 0.870 bits per heavy atom. The fourth-order valence-corrected chi connectivity index (χ4v) is 10.5. The molecule has 92 heavy (non-hydrogen) atoms. The number of para-hydroxylation sites is 1. The molecule has 25 nitrogen and oxygen atoms in total. The Hall–Kier alpha value is -9.64. The summed E-state index contributed by atoms with van der Waals surface area (Å²) in [4.78, 5) is 108. The van der Waals surface area contributed by atoms with E-state index < -0.39 is 71.6 Å². The van der Waals surface area contributed by atoms with Crippen LogP contribution in [-0.2, 0) is 46.5 Å². The number of amides is 7. The molecule has 31 heteroatoms. The number of carboxylic acid groups (broad SMARTS) is 2. The van der Waals surface area contributed by atoms with Crippen molar-refractivity contribution in [2.75, 3.05) is 69.6 Å². The number of aliphatic carboxylic acids is 1. The van der Waals surface area contributed by atoms with Crippen molar-refractivity contribution in [3.05, 3.63) is 118 Å². The number of imide groups is 1. The number of hydrogen-bond acceptors (Lipinski definition) is 18. The number of halogens is 4. The van der Waals surface area contributed by atoms with Gasteiger partial charge in [0.1, 0.15) is 24.7 Å². The molecule has 0 fully saturated rings.